The van der Waals surface area contributed by atoms with Crippen LogP contribution in [0.1, 0.15) is 18.5 Å². The lowest BCUT2D eigenvalue weighted by molar-refractivity contribution is -0.120. The van der Waals surface area contributed by atoms with Crippen LogP contribution in [-0.4, -0.2) is 33.5 Å². The first kappa shape index (κ1) is 13.3. The molecule has 1 amide bonds. The summed E-state index contributed by atoms with van der Waals surface area (Å²) in [4.78, 5) is 20.3. The Balaban J connectivity index is 2.22. The molecule has 2 unspecified atom stereocenters. The molecule has 2 N–H and O–H groups in total. The number of nitrogens with two attached hydrogens (primary N) is 1. The van der Waals surface area contributed by atoms with E-state index in [1.165, 1.54) is 6.33 Å². The molecule has 0 aliphatic carbocycles. The van der Waals surface area contributed by atoms with Crippen molar-refractivity contribution < 1.29 is 9.53 Å². The molecular weight excluding hydrogens is 270 g/mol. The summed E-state index contributed by atoms with van der Waals surface area (Å²) in [5.74, 6) is 0.0922. The lowest BCUT2D eigenvalue weighted by atomic mass is 9.87. The number of aromatic nitrogens is 3. The van der Waals surface area contributed by atoms with Gasteiger partial charge in [0.05, 0.1) is 7.11 Å². The zero-order chi connectivity index (χ0) is 15.0. The first-order valence-electron chi connectivity index (χ1n) is 6.50. The van der Waals surface area contributed by atoms with E-state index in [1.54, 1.807) is 18.7 Å². The molecule has 2 heterocycles. The largest absolute Gasteiger partial charge is 0.496 e. The van der Waals surface area contributed by atoms with Crippen molar-refractivity contribution in [2.75, 3.05) is 7.11 Å². The molecule has 108 valence electrons. The molecule has 0 spiro atoms. The maximum absolute atomic E-state index is 11.9. The molecule has 0 saturated carbocycles. The van der Waals surface area contributed by atoms with Gasteiger partial charge in [0.2, 0.25) is 11.9 Å². The fraction of sp³-hybridized carbons (Fsp3) is 0.286. The summed E-state index contributed by atoms with van der Waals surface area (Å²) in [7, 11) is 1.59. The van der Waals surface area contributed by atoms with Gasteiger partial charge in [0.25, 0.3) is 0 Å². The van der Waals surface area contributed by atoms with Crippen LogP contribution < -0.4 is 10.5 Å². The molecule has 1 aromatic heterocycles. The third-order valence-electron chi connectivity index (χ3n) is 3.62. The van der Waals surface area contributed by atoms with Gasteiger partial charge in [0.15, 0.2) is 0 Å². The summed E-state index contributed by atoms with van der Waals surface area (Å²) < 4.78 is 7.01. The summed E-state index contributed by atoms with van der Waals surface area (Å²) >= 11 is 0. The third-order valence-corrected chi connectivity index (χ3v) is 3.62. The minimum atomic E-state index is -0.588. The Kier molecular flexibility index (Phi) is 3.17. The van der Waals surface area contributed by atoms with E-state index in [0.29, 0.717) is 17.4 Å². The van der Waals surface area contributed by atoms with Crippen molar-refractivity contribution in [1.82, 2.24) is 14.8 Å². The first-order valence-corrected chi connectivity index (χ1v) is 6.50. The van der Waals surface area contributed by atoms with Crippen LogP contribution in [-0.2, 0) is 4.79 Å². The monoisotopic (exact) mass is 285 g/mol. The number of nitrogens with zero attached hydrogens (tertiary/aromatic N) is 4. The second-order valence-electron chi connectivity index (χ2n) is 4.82. The molecule has 2 atom stereocenters. The number of aliphatic imine (C=N–C) groups is 1. The first-order chi connectivity index (χ1) is 10.1. The zero-order valence-electron chi connectivity index (χ0n) is 11.7. The SMILES string of the molecule is COc1ccccc1C1C(C(N)=O)C(C)=Nc2ncnn21. The van der Waals surface area contributed by atoms with Crippen LogP contribution in [0.4, 0.5) is 5.95 Å². The van der Waals surface area contributed by atoms with Crippen molar-refractivity contribution >= 4 is 17.6 Å². The van der Waals surface area contributed by atoms with Gasteiger partial charge in [-0.05, 0) is 13.0 Å². The van der Waals surface area contributed by atoms with E-state index in [1.807, 2.05) is 24.3 Å². The topological polar surface area (TPSA) is 95.4 Å². The fourth-order valence-electron chi connectivity index (χ4n) is 2.70. The molecule has 7 nitrogen and oxygen atoms in total. The van der Waals surface area contributed by atoms with Crippen molar-refractivity contribution in [3.8, 4) is 5.75 Å². The van der Waals surface area contributed by atoms with Crippen LogP contribution in [0, 0.1) is 5.92 Å². The van der Waals surface area contributed by atoms with Crippen molar-refractivity contribution in [2.24, 2.45) is 16.6 Å². The normalized spacial score (nSPS) is 20.6. The number of hydrogen-bond donors (Lipinski definition) is 1. The lowest BCUT2D eigenvalue weighted by Gasteiger charge is -2.30. The highest BCUT2D eigenvalue weighted by Gasteiger charge is 2.38. The number of para-hydroxylation sites is 1. The molecule has 0 radical (unpaired) electrons. The maximum atomic E-state index is 11.9. The second kappa shape index (κ2) is 5.01. The minimum Gasteiger partial charge on any atom is -0.496 e. The summed E-state index contributed by atoms with van der Waals surface area (Å²) in [5.41, 5.74) is 7.03. The number of ether oxygens (including phenoxy) is 1. The standard InChI is InChI=1S/C14H15N5O2/c1-8-11(13(15)20)12(19-14(18-8)16-7-17-19)9-5-3-4-6-10(9)21-2/h3-7,11-12H,1-2H3,(H2,15,20). The van der Waals surface area contributed by atoms with Crippen molar-refractivity contribution in [1.29, 1.82) is 0 Å². The van der Waals surface area contributed by atoms with Gasteiger partial charge < -0.3 is 10.5 Å². The zero-order valence-corrected chi connectivity index (χ0v) is 11.7. The molecule has 21 heavy (non-hydrogen) atoms. The fourth-order valence-corrected chi connectivity index (χ4v) is 2.70. The average molecular weight is 285 g/mol. The van der Waals surface area contributed by atoms with Gasteiger partial charge in [0, 0.05) is 11.3 Å². The summed E-state index contributed by atoms with van der Waals surface area (Å²) in [6.07, 6.45) is 1.41. The van der Waals surface area contributed by atoms with Gasteiger partial charge in [-0.1, -0.05) is 18.2 Å². The number of carbonyl (C=O) groups excluding carboxylic acids is 1. The number of fused-ring (bicyclic) bond motifs is 1. The van der Waals surface area contributed by atoms with E-state index < -0.39 is 17.9 Å². The molecule has 0 fully saturated rings. The van der Waals surface area contributed by atoms with Gasteiger partial charge >= 0.3 is 0 Å². The van der Waals surface area contributed by atoms with E-state index in [9.17, 15) is 4.79 Å². The van der Waals surface area contributed by atoms with Gasteiger partial charge in [-0.3, -0.25) is 4.79 Å². The Labute approximate surface area is 121 Å². The van der Waals surface area contributed by atoms with E-state index in [4.69, 9.17) is 10.5 Å². The van der Waals surface area contributed by atoms with Gasteiger partial charge in [-0.25, -0.2) is 9.67 Å². The van der Waals surface area contributed by atoms with Crippen LogP contribution in [0.2, 0.25) is 0 Å². The molecule has 0 bridgehead atoms. The number of benzene rings is 1. The Hall–Kier alpha value is -2.70. The third kappa shape index (κ3) is 2.06. The highest BCUT2D eigenvalue weighted by atomic mass is 16.5. The average Bonchev–Trinajstić information content (AvgIpc) is 2.93. The summed E-state index contributed by atoms with van der Waals surface area (Å²) in [5, 5.41) is 4.19. The quantitative estimate of drug-likeness (QED) is 0.912. The highest BCUT2D eigenvalue weighted by Crippen LogP contribution is 2.38. The van der Waals surface area contributed by atoms with Crippen molar-refractivity contribution in [2.45, 2.75) is 13.0 Å². The van der Waals surface area contributed by atoms with Crippen LogP contribution >= 0.6 is 0 Å². The molecular formula is C14H15N5O2. The number of rotatable bonds is 3. The highest BCUT2D eigenvalue weighted by molar-refractivity contribution is 6.04. The predicted molar refractivity (Wildman–Crippen MR) is 76.6 cm³/mol. The van der Waals surface area contributed by atoms with E-state index >= 15 is 0 Å². The van der Waals surface area contributed by atoms with Crippen LogP contribution in [0.3, 0.4) is 0 Å². The van der Waals surface area contributed by atoms with Crippen LogP contribution in [0.25, 0.3) is 0 Å². The van der Waals surface area contributed by atoms with Crippen LogP contribution in [0.5, 0.6) is 5.75 Å². The molecule has 2 aromatic rings. The summed E-state index contributed by atoms with van der Waals surface area (Å²) in [6, 6.07) is 7.07. The molecule has 1 aliphatic rings. The summed E-state index contributed by atoms with van der Waals surface area (Å²) in [6.45, 7) is 1.77. The lowest BCUT2D eigenvalue weighted by Crippen LogP contribution is -2.39. The smallest absolute Gasteiger partial charge is 0.248 e. The van der Waals surface area contributed by atoms with Crippen LogP contribution in [0.15, 0.2) is 35.6 Å². The van der Waals surface area contributed by atoms with Gasteiger partial charge in [-0.2, -0.15) is 10.1 Å². The molecule has 1 aliphatic heterocycles. The molecule has 3 rings (SSSR count). The number of amides is 1. The Morgan fingerprint density at radius 3 is 2.86 bits per heavy atom. The second-order valence-corrected chi connectivity index (χ2v) is 4.82. The number of carbonyl (C=O) groups is 1. The molecule has 1 aromatic carbocycles. The number of primary amides is 1. The van der Waals surface area contributed by atoms with Gasteiger partial charge in [-0.15, -0.1) is 0 Å². The minimum absolute atomic E-state index is 0.409. The Morgan fingerprint density at radius 2 is 2.14 bits per heavy atom. The van der Waals surface area contributed by atoms with Crippen molar-refractivity contribution in [3.63, 3.8) is 0 Å². The Morgan fingerprint density at radius 1 is 1.38 bits per heavy atom. The number of methoxy groups -OCH3 is 1. The van der Waals surface area contributed by atoms with E-state index in [2.05, 4.69) is 15.1 Å². The predicted octanol–water partition coefficient (Wildman–Crippen LogP) is 1.08. The molecule has 7 heteroatoms. The maximum Gasteiger partial charge on any atom is 0.248 e. The number of hydrogen-bond acceptors (Lipinski definition) is 5. The van der Waals surface area contributed by atoms with E-state index in [0.717, 1.165) is 5.56 Å². The molecule has 0 saturated heterocycles. The van der Waals surface area contributed by atoms with E-state index in [-0.39, 0.29) is 0 Å². The Bertz CT molecular complexity index is 722. The van der Waals surface area contributed by atoms with Gasteiger partial charge in [0.1, 0.15) is 24.0 Å². The van der Waals surface area contributed by atoms with Crippen molar-refractivity contribution in [3.05, 3.63) is 36.2 Å².